The van der Waals surface area contributed by atoms with E-state index in [2.05, 4.69) is 115 Å². The third-order valence-corrected chi connectivity index (χ3v) is 10.3. The standard InChI is InChI=1S/C13H22N.C12H10.C9H13.C6H7Si.CH3.Ti/c1-10-4-11(2)6-12(3,5-10)9-13(14,7-10)8-11;1-3-7-11(8-4-1)12-9-5-2-6-10-12;1-6-5-7(2)9(4)8(6)3;7-6-4-2-1-3-5-6;;/h14H,4-9H2,1-3H3;1-10H;6H,1-4H3;1-5H,7H2;1H3;/q-1;;-1;;-1;+3. The van der Waals surface area contributed by atoms with Gasteiger partial charge in [-0.05, 0) is 46.6 Å². The van der Waals surface area contributed by atoms with Crippen molar-refractivity contribution in [2.75, 3.05) is 0 Å². The minimum Gasteiger partial charge on any atom is -0.672 e. The smallest absolute Gasteiger partial charge is 0.672 e. The molecule has 0 spiro atoms. The second kappa shape index (κ2) is 15.5. The van der Waals surface area contributed by atoms with Crippen LogP contribution in [-0.4, -0.2) is 15.8 Å². The zero-order valence-electron chi connectivity index (χ0n) is 28.7. The fourth-order valence-electron chi connectivity index (χ4n) is 9.19. The fourth-order valence-corrected chi connectivity index (χ4v) is 9.46. The number of hydrogen-bond donors (Lipinski definition) is 0. The van der Waals surface area contributed by atoms with E-state index in [9.17, 15) is 0 Å². The normalized spacial score (nSPS) is 30.6. The van der Waals surface area contributed by atoms with Gasteiger partial charge in [-0.25, -0.2) is 5.57 Å². The molecule has 2 radical (unpaired) electrons. The van der Waals surface area contributed by atoms with Crippen molar-refractivity contribution in [1.82, 2.24) is 0 Å². The first kappa shape index (κ1) is 38.2. The summed E-state index contributed by atoms with van der Waals surface area (Å²) in [7, 11) is 1.90. The van der Waals surface area contributed by atoms with Crippen LogP contribution in [0.5, 0.6) is 0 Å². The fraction of sp³-hybridized carbons (Fsp3) is 0.439. The van der Waals surface area contributed by atoms with Crippen molar-refractivity contribution in [2.45, 2.75) is 92.5 Å². The topological polar surface area (TPSA) is 23.8 Å². The van der Waals surface area contributed by atoms with E-state index >= 15 is 0 Å². The summed E-state index contributed by atoms with van der Waals surface area (Å²) in [4.78, 5) is 0. The van der Waals surface area contributed by atoms with Crippen LogP contribution in [0, 0.1) is 35.7 Å². The summed E-state index contributed by atoms with van der Waals surface area (Å²) in [6, 6.07) is 31.1. The molecular formula is C41H55NSiTi. The van der Waals surface area contributed by atoms with Gasteiger partial charge >= 0.3 is 21.7 Å². The van der Waals surface area contributed by atoms with E-state index in [0.29, 0.717) is 22.2 Å². The molecule has 1 nitrogen and oxygen atoms in total. The second-order valence-electron chi connectivity index (χ2n) is 14.8. The maximum atomic E-state index is 8.59. The molecule has 4 bridgehead atoms. The van der Waals surface area contributed by atoms with Crippen molar-refractivity contribution >= 4 is 15.4 Å². The van der Waals surface area contributed by atoms with Crippen molar-refractivity contribution < 1.29 is 21.7 Å². The predicted molar refractivity (Wildman–Crippen MR) is 192 cm³/mol. The first-order valence-corrected chi connectivity index (χ1v) is 16.4. The average molecular weight is 638 g/mol. The molecule has 0 saturated heterocycles. The molecular weight excluding hydrogens is 582 g/mol. The molecule has 8 rings (SSSR count). The van der Waals surface area contributed by atoms with Crippen LogP contribution in [0.2, 0.25) is 0 Å². The Hall–Kier alpha value is -1.97. The van der Waals surface area contributed by atoms with Gasteiger partial charge in [0.05, 0.1) is 0 Å². The maximum absolute atomic E-state index is 8.59. The summed E-state index contributed by atoms with van der Waals surface area (Å²) in [5.41, 5.74) is 16.8. The number of nitrogens with one attached hydrogen (secondary N) is 1. The first-order valence-electron chi connectivity index (χ1n) is 15.7. The van der Waals surface area contributed by atoms with E-state index in [1.165, 1.54) is 71.6 Å². The number of rotatable bonds is 1. The minimum atomic E-state index is -0.0625. The van der Waals surface area contributed by atoms with Crippen molar-refractivity contribution in [3.63, 3.8) is 0 Å². The van der Waals surface area contributed by atoms with Gasteiger partial charge in [0.1, 0.15) is 0 Å². The molecule has 44 heavy (non-hydrogen) atoms. The van der Waals surface area contributed by atoms with Crippen LogP contribution >= 0.6 is 0 Å². The molecule has 3 heteroatoms. The van der Waals surface area contributed by atoms with E-state index in [4.69, 9.17) is 5.73 Å². The summed E-state index contributed by atoms with van der Waals surface area (Å²) >= 11 is 0. The van der Waals surface area contributed by atoms with E-state index in [1.54, 1.807) is 0 Å². The van der Waals surface area contributed by atoms with Crippen molar-refractivity contribution in [3.8, 4) is 11.1 Å². The van der Waals surface area contributed by atoms with Crippen molar-refractivity contribution in [1.29, 1.82) is 0 Å². The molecule has 1 atom stereocenters. The summed E-state index contributed by atoms with van der Waals surface area (Å²) in [5, 5.41) is 1.35. The van der Waals surface area contributed by atoms with Crippen LogP contribution in [0.25, 0.3) is 16.9 Å². The van der Waals surface area contributed by atoms with Crippen LogP contribution in [0.1, 0.15) is 87.0 Å². The van der Waals surface area contributed by atoms with Gasteiger partial charge in [-0.2, -0.15) is 11.1 Å². The summed E-state index contributed by atoms with van der Waals surface area (Å²) in [5.74, 6) is 0.560. The third kappa shape index (κ3) is 10.0. The van der Waals surface area contributed by atoms with Gasteiger partial charge in [-0.3, -0.25) is 6.08 Å². The molecule has 232 valence electrons. The Bertz CT molecular complexity index is 1240. The van der Waals surface area contributed by atoms with Gasteiger partial charge in [0.25, 0.3) is 0 Å². The molecule has 0 amide bonds. The molecule has 4 fully saturated rings. The Morgan fingerprint density at radius 3 is 1.18 bits per heavy atom. The predicted octanol–water partition coefficient (Wildman–Crippen LogP) is 10.6. The quantitative estimate of drug-likeness (QED) is 0.187. The third-order valence-electron chi connectivity index (χ3n) is 9.82. The Kier molecular flexibility index (Phi) is 13.5. The van der Waals surface area contributed by atoms with Gasteiger partial charge in [-0.15, -0.1) is 12.5 Å². The molecule has 1 unspecified atom stereocenters. The molecule has 5 aliphatic rings. The van der Waals surface area contributed by atoms with Crippen LogP contribution < -0.4 is 5.19 Å². The molecule has 5 aliphatic carbocycles. The SMILES string of the molecule is CC12CC3(C)CC(C)(C1)CC([NH-])(C2)C3.CC1=[C-]C(C)C(C)=C1C.[CH3-].[SiH2]c1ccccc1.[Ti+3].c1ccc(-c2ccccc2)cc1. The second-order valence-corrected chi connectivity index (χ2v) is 15.6. The minimum absolute atomic E-state index is 0. The first-order chi connectivity index (χ1) is 19.7. The zero-order chi connectivity index (χ0) is 30.6. The maximum Gasteiger partial charge on any atom is 3.00 e. The van der Waals surface area contributed by atoms with Gasteiger partial charge in [0.2, 0.25) is 0 Å². The molecule has 0 heterocycles. The van der Waals surface area contributed by atoms with Gasteiger partial charge in [-0.1, -0.05) is 163 Å². The van der Waals surface area contributed by atoms with Gasteiger partial charge in [0, 0.05) is 10.2 Å². The Morgan fingerprint density at radius 2 is 0.977 bits per heavy atom. The summed E-state index contributed by atoms with van der Waals surface area (Å²) in [6.45, 7) is 16.0. The van der Waals surface area contributed by atoms with Crippen molar-refractivity contribution in [2.24, 2.45) is 22.2 Å². The molecule has 0 aliphatic heterocycles. The van der Waals surface area contributed by atoms with E-state index < -0.39 is 0 Å². The van der Waals surface area contributed by atoms with Gasteiger partial charge in [0.15, 0.2) is 0 Å². The Balaban J connectivity index is 0.000000208. The zero-order valence-corrected chi connectivity index (χ0v) is 31.7. The van der Waals surface area contributed by atoms with E-state index in [1.807, 2.05) is 40.6 Å². The number of allylic oxidation sites excluding steroid dienone is 4. The van der Waals surface area contributed by atoms with E-state index in [0.717, 1.165) is 0 Å². The van der Waals surface area contributed by atoms with Crippen LogP contribution in [-0.2, 0) is 21.7 Å². The largest absolute Gasteiger partial charge is 3.00 e. The van der Waals surface area contributed by atoms with Gasteiger partial charge < -0.3 is 13.2 Å². The number of hydrogen-bond acceptors (Lipinski definition) is 0. The molecule has 3 aromatic carbocycles. The summed E-state index contributed by atoms with van der Waals surface area (Å²) in [6.07, 6.45) is 11.0. The van der Waals surface area contributed by atoms with Crippen LogP contribution in [0.15, 0.2) is 108 Å². The molecule has 1 N–H and O–H groups in total. The summed E-state index contributed by atoms with van der Waals surface area (Å²) < 4.78 is 0. The monoisotopic (exact) mass is 637 g/mol. The van der Waals surface area contributed by atoms with Crippen LogP contribution in [0.3, 0.4) is 0 Å². The molecule has 4 saturated carbocycles. The van der Waals surface area contributed by atoms with E-state index in [-0.39, 0.29) is 34.7 Å². The van der Waals surface area contributed by atoms with Crippen LogP contribution in [0.4, 0.5) is 0 Å². The molecule has 0 aromatic heterocycles. The average Bonchev–Trinajstić information content (AvgIpc) is 3.13. The Morgan fingerprint density at radius 1 is 0.636 bits per heavy atom. The Labute approximate surface area is 288 Å². The van der Waals surface area contributed by atoms with Crippen molar-refractivity contribution in [3.05, 3.63) is 127 Å². The molecule has 3 aromatic rings. The number of benzene rings is 3.